The van der Waals surface area contributed by atoms with Gasteiger partial charge in [0.2, 0.25) is 0 Å². The molecule has 0 saturated carbocycles. The second kappa shape index (κ2) is 6.95. The van der Waals surface area contributed by atoms with Gasteiger partial charge in [-0.25, -0.2) is 0 Å². The molecule has 0 atom stereocenters. The van der Waals surface area contributed by atoms with E-state index in [0.29, 0.717) is 32.2 Å². The minimum absolute atomic E-state index is 0.215. The fraction of sp³-hybridized carbons (Fsp3) is 0. The quantitative estimate of drug-likeness (QED) is 0.694. The maximum atomic E-state index is 11.9. The third-order valence-corrected chi connectivity index (χ3v) is 4.55. The third kappa shape index (κ3) is 3.79. The molecule has 0 bridgehead atoms. The molecule has 3 rings (SSSR count). The van der Waals surface area contributed by atoms with E-state index in [-0.39, 0.29) is 5.91 Å². The third-order valence-electron chi connectivity index (χ3n) is 2.87. The van der Waals surface area contributed by atoms with Gasteiger partial charge in [-0.15, -0.1) is 21.5 Å². The molecule has 5 nitrogen and oxygen atoms in total. The minimum Gasteiger partial charge on any atom is -0.337 e. The van der Waals surface area contributed by atoms with Crippen LogP contribution < -0.4 is 10.6 Å². The van der Waals surface area contributed by atoms with Gasteiger partial charge in [0.25, 0.3) is 5.91 Å². The van der Waals surface area contributed by atoms with E-state index in [2.05, 4.69) is 20.8 Å². The highest BCUT2D eigenvalue weighted by Gasteiger charge is 2.09. The van der Waals surface area contributed by atoms with E-state index in [0.717, 1.165) is 0 Å². The molecule has 0 saturated heterocycles. The number of halogens is 2. The largest absolute Gasteiger partial charge is 0.337 e. The summed E-state index contributed by atoms with van der Waals surface area (Å²) in [6.07, 6.45) is 0. The van der Waals surface area contributed by atoms with Crippen molar-refractivity contribution in [3.05, 3.63) is 62.8 Å². The Morgan fingerprint density at radius 1 is 1.00 bits per heavy atom. The van der Waals surface area contributed by atoms with Crippen LogP contribution >= 0.6 is 34.5 Å². The molecule has 0 unspecified atom stereocenters. The highest BCUT2D eigenvalue weighted by atomic mass is 35.5. The molecule has 0 aliphatic carbocycles. The maximum Gasteiger partial charge on any atom is 0.266 e. The molecule has 1 aromatic carbocycles. The number of nitrogens with zero attached hydrogens (tertiary/aromatic N) is 2. The first-order valence-electron chi connectivity index (χ1n) is 6.53. The van der Waals surface area contributed by atoms with Crippen molar-refractivity contribution < 1.29 is 4.79 Å². The minimum atomic E-state index is -0.215. The van der Waals surface area contributed by atoms with Gasteiger partial charge in [-0.2, -0.15) is 0 Å². The lowest BCUT2D eigenvalue weighted by molar-refractivity contribution is 0.103. The van der Waals surface area contributed by atoms with Crippen LogP contribution in [0.15, 0.2) is 47.8 Å². The summed E-state index contributed by atoms with van der Waals surface area (Å²) in [5, 5.41) is 16.4. The normalized spacial score (nSPS) is 10.3. The number of rotatable bonds is 4. The highest BCUT2D eigenvalue weighted by molar-refractivity contribution is 7.12. The average molecular weight is 365 g/mol. The number of hydrogen-bond donors (Lipinski definition) is 2. The average Bonchev–Trinajstić information content (AvgIpc) is 3.08. The summed E-state index contributed by atoms with van der Waals surface area (Å²) in [6.45, 7) is 0. The topological polar surface area (TPSA) is 66.9 Å². The second-order valence-electron chi connectivity index (χ2n) is 4.46. The summed E-state index contributed by atoms with van der Waals surface area (Å²) in [7, 11) is 0. The number of anilines is 3. The number of aromatic nitrogens is 2. The Hall–Kier alpha value is -2.15. The fourth-order valence-corrected chi connectivity index (χ4v) is 2.76. The molecule has 1 amide bonds. The van der Waals surface area contributed by atoms with Gasteiger partial charge in [0.1, 0.15) is 0 Å². The predicted octanol–water partition coefficient (Wildman–Crippen LogP) is 4.84. The van der Waals surface area contributed by atoms with Crippen molar-refractivity contribution in [1.29, 1.82) is 0 Å². The Morgan fingerprint density at radius 3 is 2.48 bits per heavy atom. The zero-order valence-corrected chi connectivity index (χ0v) is 13.9. The molecule has 8 heteroatoms. The van der Waals surface area contributed by atoms with Crippen LogP contribution in [0.25, 0.3) is 0 Å². The van der Waals surface area contributed by atoms with Gasteiger partial charge in [0.05, 0.1) is 20.6 Å². The lowest BCUT2D eigenvalue weighted by Gasteiger charge is -2.08. The molecule has 2 aromatic heterocycles. The summed E-state index contributed by atoms with van der Waals surface area (Å²) in [5.74, 6) is 0.641. The highest BCUT2D eigenvalue weighted by Crippen LogP contribution is 2.31. The van der Waals surface area contributed by atoms with Crippen LogP contribution in [0.4, 0.5) is 17.3 Å². The molecule has 2 N–H and O–H groups in total. The molecule has 2 heterocycles. The van der Waals surface area contributed by atoms with Gasteiger partial charge in [-0.1, -0.05) is 35.3 Å². The number of carbonyl (C=O) groups is 1. The Labute approximate surface area is 146 Å². The Balaban J connectivity index is 1.70. The van der Waals surface area contributed by atoms with Crippen LogP contribution in [-0.2, 0) is 0 Å². The monoisotopic (exact) mass is 364 g/mol. The molecular weight excluding hydrogens is 355 g/mol. The molecule has 3 aromatic rings. The SMILES string of the molecule is O=C(Nc1ccc(Nc2cccc(Cl)c2Cl)nn1)c1cccs1. The molecule has 0 aliphatic rings. The Morgan fingerprint density at radius 2 is 1.78 bits per heavy atom. The number of amides is 1. The van der Waals surface area contributed by atoms with Crippen LogP contribution in [0.3, 0.4) is 0 Å². The van der Waals surface area contributed by atoms with Gasteiger partial charge < -0.3 is 10.6 Å². The van der Waals surface area contributed by atoms with Gasteiger partial charge in [0.15, 0.2) is 11.6 Å². The van der Waals surface area contributed by atoms with E-state index in [9.17, 15) is 4.79 Å². The van der Waals surface area contributed by atoms with Crippen LogP contribution in [0.5, 0.6) is 0 Å². The first-order chi connectivity index (χ1) is 11.1. The Kier molecular flexibility index (Phi) is 4.76. The van der Waals surface area contributed by atoms with Crippen LogP contribution in [-0.4, -0.2) is 16.1 Å². The van der Waals surface area contributed by atoms with E-state index in [1.807, 2.05) is 11.4 Å². The van der Waals surface area contributed by atoms with Crippen molar-refractivity contribution in [2.24, 2.45) is 0 Å². The van der Waals surface area contributed by atoms with Gasteiger partial charge >= 0.3 is 0 Å². The van der Waals surface area contributed by atoms with Crippen LogP contribution in [0, 0.1) is 0 Å². The molecule has 0 aliphatic heterocycles. The van der Waals surface area contributed by atoms with Gasteiger partial charge in [-0.3, -0.25) is 4.79 Å². The summed E-state index contributed by atoms with van der Waals surface area (Å²) in [5.41, 5.74) is 0.629. The van der Waals surface area contributed by atoms with Crippen molar-refractivity contribution in [3.8, 4) is 0 Å². The standard InChI is InChI=1S/C15H10Cl2N4OS/c16-9-3-1-4-10(14(9)17)18-12-6-7-13(21-20-12)19-15(22)11-5-2-8-23-11/h1-8H,(H,18,20)(H,19,21,22). The first-order valence-corrected chi connectivity index (χ1v) is 8.16. The Bertz CT molecular complexity index is 822. The van der Waals surface area contributed by atoms with Crippen LogP contribution in [0.2, 0.25) is 10.0 Å². The zero-order valence-electron chi connectivity index (χ0n) is 11.6. The summed E-state index contributed by atoms with van der Waals surface area (Å²) >= 11 is 13.4. The molecular formula is C15H10Cl2N4OS. The summed E-state index contributed by atoms with van der Waals surface area (Å²) in [4.78, 5) is 12.5. The molecule has 23 heavy (non-hydrogen) atoms. The zero-order chi connectivity index (χ0) is 16.2. The van der Waals surface area contributed by atoms with E-state index >= 15 is 0 Å². The van der Waals surface area contributed by atoms with Crippen molar-refractivity contribution in [2.45, 2.75) is 0 Å². The number of thiophene rings is 1. The summed E-state index contributed by atoms with van der Waals surface area (Å²) < 4.78 is 0. The van der Waals surface area contributed by atoms with E-state index in [1.54, 1.807) is 36.4 Å². The second-order valence-corrected chi connectivity index (χ2v) is 6.19. The van der Waals surface area contributed by atoms with Crippen molar-refractivity contribution in [1.82, 2.24) is 10.2 Å². The van der Waals surface area contributed by atoms with Gasteiger partial charge in [-0.05, 0) is 35.7 Å². The van der Waals surface area contributed by atoms with E-state index in [1.165, 1.54) is 11.3 Å². The first kappa shape index (κ1) is 15.7. The van der Waals surface area contributed by atoms with E-state index in [4.69, 9.17) is 23.2 Å². The van der Waals surface area contributed by atoms with Crippen LogP contribution in [0.1, 0.15) is 9.67 Å². The fourth-order valence-electron chi connectivity index (χ4n) is 1.79. The maximum absolute atomic E-state index is 11.9. The number of hydrogen-bond acceptors (Lipinski definition) is 5. The van der Waals surface area contributed by atoms with Crippen molar-refractivity contribution in [2.75, 3.05) is 10.6 Å². The number of benzene rings is 1. The molecule has 0 fully saturated rings. The molecule has 0 radical (unpaired) electrons. The summed E-state index contributed by atoms with van der Waals surface area (Å²) in [6, 6.07) is 12.1. The number of carbonyl (C=O) groups excluding carboxylic acids is 1. The van der Waals surface area contributed by atoms with E-state index < -0.39 is 0 Å². The van der Waals surface area contributed by atoms with Crippen molar-refractivity contribution >= 4 is 57.8 Å². The smallest absolute Gasteiger partial charge is 0.266 e. The van der Waals surface area contributed by atoms with Gasteiger partial charge in [0, 0.05) is 0 Å². The molecule has 116 valence electrons. The number of nitrogens with one attached hydrogen (secondary N) is 2. The predicted molar refractivity (Wildman–Crippen MR) is 94.0 cm³/mol. The van der Waals surface area contributed by atoms with Crippen molar-refractivity contribution in [3.63, 3.8) is 0 Å². The lowest BCUT2D eigenvalue weighted by atomic mass is 10.3. The lowest BCUT2D eigenvalue weighted by Crippen LogP contribution is -2.12. The molecule has 0 spiro atoms.